The van der Waals surface area contributed by atoms with E-state index < -0.39 is 5.79 Å². The van der Waals surface area contributed by atoms with Crippen molar-refractivity contribution in [2.45, 2.75) is 12.7 Å². The number of hydrogen-bond acceptors (Lipinski definition) is 3. The molecule has 1 unspecified atom stereocenters. The second-order valence-electron chi connectivity index (χ2n) is 2.99. The molecule has 1 aromatic rings. The second kappa shape index (κ2) is 2.38. The van der Waals surface area contributed by atoms with Crippen LogP contribution < -0.4 is 4.74 Å². The fourth-order valence-electron chi connectivity index (χ4n) is 0.937. The number of hydrogen-bond donors (Lipinski definition) is 1. The minimum Gasteiger partial charge on any atom is -0.504 e. The van der Waals surface area contributed by atoms with E-state index in [9.17, 15) is 5.11 Å². The van der Waals surface area contributed by atoms with E-state index in [1.807, 2.05) is 6.92 Å². The molecule has 2 rings (SSSR count). The van der Waals surface area contributed by atoms with Crippen LogP contribution in [0.4, 0.5) is 0 Å². The van der Waals surface area contributed by atoms with Crippen molar-refractivity contribution in [3.05, 3.63) is 24.3 Å². The maximum atomic E-state index is 9.32. The van der Waals surface area contributed by atoms with Gasteiger partial charge in [-0.05, 0) is 12.1 Å². The number of rotatable bonds is 2. The topological polar surface area (TPSA) is 42.0 Å². The minimum atomic E-state index is -0.515. The molecule has 1 fully saturated rings. The molecule has 0 saturated carbocycles. The number of epoxide rings is 1. The number of ether oxygens (including phenoxy) is 2. The summed E-state index contributed by atoms with van der Waals surface area (Å²) in [5, 5.41) is 9.32. The summed E-state index contributed by atoms with van der Waals surface area (Å²) in [6.07, 6.45) is 0. The Morgan fingerprint density at radius 2 is 2.17 bits per heavy atom. The summed E-state index contributed by atoms with van der Waals surface area (Å²) < 4.78 is 10.4. The van der Waals surface area contributed by atoms with E-state index in [0.717, 1.165) is 0 Å². The Labute approximate surface area is 70.5 Å². The van der Waals surface area contributed by atoms with Crippen LogP contribution in [0.2, 0.25) is 0 Å². The monoisotopic (exact) mass is 166 g/mol. The van der Waals surface area contributed by atoms with Crippen LogP contribution in [0.1, 0.15) is 6.92 Å². The van der Waals surface area contributed by atoms with Crippen molar-refractivity contribution in [3.8, 4) is 11.5 Å². The predicted molar refractivity (Wildman–Crippen MR) is 43.1 cm³/mol. The van der Waals surface area contributed by atoms with E-state index in [4.69, 9.17) is 9.47 Å². The van der Waals surface area contributed by atoms with Gasteiger partial charge in [0, 0.05) is 6.92 Å². The largest absolute Gasteiger partial charge is 0.504 e. The van der Waals surface area contributed by atoms with E-state index in [0.29, 0.717) is 12.4 Å². The Kier molecular flexibility index (Phi) is 1.48. The zero-order valence-electron chi connectivity index (χ0n) is 6.78. The van der Waals surface area contributed by atoms with Gasteiger partial charge in [-0.25, -0.2) is 0 Å². The van der Waals surface area contributed by atoms with Gasteiger partial charge in [-0.15, -0.1) is 0 Å². The molecular weight excluding hydrogens is 156 g/mol. The maximum Gasteiger partial charge on any atom is 0.231 e. The van der Waals surface area contributed by atoms with Gasteiger partial charge in [0.05, 0.1) is 0 Å². The Balaban J connectivity index is 2.17. The third-order valence-electron chi connectivity index (χ3n) is 1.74. The van der Waals surface area contributed by atoms with E-state index in [1.165, 1.54) is 0 Å². The minimum absolute atomic E-state index is 0.147. The number of aromatic hydroxyl groups is 1. The summed E-state index contributed by atoms with van der Waals surface area (Å²) in [4.78, 5) is 0. The quantitative estimate of drug-likeness (QED) is 0.677. The summed E-state index contributed by atoms with van der Waals surface area (Å²) in [5.41, 5.74) is 0. The van der Waals surface area contributed by atoms with E-state index in [2.05, 4.69) is 0 Å². The predicted octanol–water partition coefficient (Wildman–Crippen LogP) is 1.52. The van der Waals surface area contributed by atoms with E-state index >= 15 is 0 Å². The number of phenolic OH excluding ortho intramolecular Hbond substituents is 1. The van der Waals surface area contributed by atoms with Gasteiger partial charge in [0.1, 0.15) is 6.61 Å². The first-order valence-corrected chi connectivity index (χ1v) is 3.81. The lowest BCUT2D eigenvalue weighted by Crippen LogP contribution is -2.14. The van der Waals surface area contributed by atoms with Gasteiger partial charge in [-0.3, -0.25) is 0 Å². The van der Waals surface area contributed by atoms with Gasteiger partial charge in [0.2, 0.25) is 5.79 Å². The molecular formula is C9H10O3. The Bertz CT molecular complexity index is 292. The van der Waals surface area contributed by atoms with Crippen LogP contribution in [-0.2, 0) is 4.74 Å². The van der Waals surface area contributed by atoms with E-state index in [1.54, 1.807) is 24.3 Å². The average Bonchev–Trinajstić information content (AvgIpc) is 2.74. The molecule has 0 amide bonds. The van der Waals surface area contributed by atoms with Gasteiger partial charge < -0.3 is 14.6 Å². The molecule has 3 heteroatoms. The fourth-order valence-corrected chi connectivity index (χ4v) is 0.937. The fraction of sp³-hybridized carbons (Fsp3) is 0.333. The van der Waals surface area contributed by atoms with Crippen LogP contribution in [0.15, 0.2) is 24.3 Å². The molecule has 1 aliphatic rings. The molecule has 1 aromatic carbocycles. The molecule has 12 heavy (non-hydrogen) atoms. The first kappa shape index (κ1) is 7.43. The molecule has 1 N–H and O–H groups in total. The smallest absolute Gasteiger partial charge is 0.231 e. The molecule has 1 saturated heterocycles. The van der Waals surface area contributed by atoms with Gasteiger partial charge in [-0.1, -0.05) is 12.1 Å². The molecule has 3 nitrogen and oxygen atoms in total. The van der Waals surface area contributed by atoms with Crippen LogP contribution in [0.3, 0.4) is 0 Å². The number of phenols is 1. The molecule has 0 bridgehead atoms. The second-order valence-corrected chi connectivity index (χ2v) is 2.99. The maximum absolute atomic E-state index is 9.32. The lowest BCUT2D eigenvalue weighted by Gasteiger charge is -2.10. The average molecular weight is 166 g/mol. The van der Waals surface area contributed by atoms with Gasteiger partial charge in [0.25, 0.3) is 0 Å². The Morgan fingerprint density at radius 1 is 1.50 bits per heavy atom. The highest BCUT2D eigenvalue weighted by atomic mass is 16.8. The van der Waals surface area contributed by atoms with Crippen molar-refractivity contribution in [2.75, 3.05) is 6.61 Å². The third-order valence-corrected chi connectivity index (χ3v) is 1.74. The van der Waals surface area contributed by atoms with Crippen LogP contribution >= 0.6 is 0 Å². The first-order chi connectivity index (χ1) is 5.70. The van der Waals surface area contributed by atoms with Crippen LogP contribution in [-0.4, -0.2) is 17.5 Å². The number of benzene rings is 1. The molecule has 0 spiro atoms. The third kappa shape index (κ3) is 1.36. The lowest BCUT2D eigenvalue weighted by atomic mass is 10.3. The first-order valence-electron chi connectivity index (χ1n) is 3.81. The van der Waals surface area contributed by atoms with Crippen LogP contribution in [0.5, 0.6) is 11.5 Å². The van der Waals surface area contributed by atoms with E-state index in [-0.39, 0.29) is 5.75 Å². The highest BCUT2D eigenvalue weighted by Crippen LogP contribution is 2.34. The summed E-state index contributed by atoms with van der Waals surface area (Å²) in [7, 11) is 0. The molecule has 1 aliphatic heterocycles. The zero-order valence-corrected chi connectivity index (χ0v) is 6.78. The van der Waals surface area contributed by atoms with Crippen molar-refractivity contribution in [1.82, 2.24) is 0 Å². The zero-order chi connectivity index (χ0) is 8.60. The van der Waals surface area contributed by atoms with Crippen LogP contribution in [0.25, 0.3) is 0 Å². The van der Waals surface area contributed by atoms with Crippen molar-refractivity contribution < 1.29 is 14.6 Å². The van der Waals surface area contributed by atoms with Crippen molar-refractivity contribution in [2.24, 2.45) is 0 Å². The van der Waals surface area contributed by atoms with Crippen molar-refractivity contribution in [3.63, 3.8) is 0 Å². The summed E-state index contributed by atoms with van der Waals surface area (Å²) in [5.74, 6) is 0.102. The molecule has 0 aliphatic carbocycles. The normalized spacial score (nSPS) is 26.8. The van der Waals surface area contributed by atoms with Crippen molar-refractivity contribution >= 4 is 0 Å². The van der Waals surface area contributed by atoms with Gasteiger partial charge in [0.15, 0.2) is 11.5 Å². The molecule has 64 valence electrons. The Hall–Kier alpha value is -1.22. The number of para-hydroxylation sites is 2. The van der Waals surface area contributed by atoms with Gasteiger partial charge >= 0.3 is 0 Å². The summed E-state index contributed by atoms with van der Waals surface area (Å²) in [6, 6.07) is 6.85. The molecule has 1 heterocycles. The highest BCUT2D eigenvalue weighted by molar-refractivity contribution is 5.38. The van der Waals surface area contributed by atoms with Crippen LogP contribution in [0, 0.1) is 0 Å². The van der Waals surface area contributed by atoms with Crippen molar-refractivity contribution in [1.29, 1.82) is 0 Å². The Morgan fingerprint density at radius 3 is 2.75 bits per heavy atom. The summed E-state index contributed by atoms with van der Waals surface area (Å²) in [6.45, 7) is 2.42. The molecule has 1 atom stereocenters. The summed E-state index contributed by atoms with van der Waals surface area (Å²) >= 11 is 0. The molecule has 0 aromatic heterocycles. The van der Waals surface area contributed by atoms with Gasteiger partial charge in [-0.2, -0.15) is 0 Å². The molecule has 0 radical (unpaired) electrons. The SMILES string of the molecule is CC1(Oc2ccccc2O)CO1. The highest BCUT2D eigenvalue weighted by Gasteiger charge is 2.42. The standard InChI is InChI=1S/C9H10O3/c1-9(6-11-9)12-8-5-3-2-4-7(8)10/h2-5,10H,6H2,1H3. The lowest BCUT2D eigenvalue weighted by molar-refractivity contribution is 0.0771.